The van der Waals surface area contributed by atoms with E-state index in [1.165, 1.54) is 29.4 Å². The van der Waals surface area contributed by atoms with Crippen molar-refractivity contribution < 1.29 is 4.79 Å². The van der Waals surface area contributed by atoms with E-state index in [0.29, 0.717) is 5.13 Å². The number of thioether (sulfide) groups is 1. The molecule has 0 aliphatic carbocycles. The van der Waals surface area contributed by atoms with Gasteiger partial charge >= 0.3 is 0 Å². The number of rotatable bonds is 4. The summed E-state index contributed by atoms with van der Waals surface area (Å²) in [6, 6.07) is 1.87. The van der Waals surface area contributed by atoms with Crippen LogP contribution in [0.2, 0.25) is 0 Å². The second-order valence-corrected chi connectivity index (χ2v) is 6.97. The van der Waals surface area contributed by atoms with Crippen LogP contribution in [-0.2, 0) is 4.79 Å². The van der Waals surface area contributed by atoms with Gasteiger partial charge in [-0.15, -0.1) is 11.3 Å². The molecule has 0 fully saturated rings. The molecule has 0 saturated carbocycles. The highest BCUT2D eigenvalue weighted by molar-refractivity contribution is 8.00. The molecule has 1 atom stereocenters. The maximum atomic E-state index is 12.1. The van der Waals surface area contributed by atoms with Crippen molar-refractivity contribution in [3.8, 4) is 0 Å². The normalized spacial score (nSPS) is 12.2. The highest BCUT2D eigenvalue weighted by Crippen LogP contribution is 2.25. The molecule has 2 heterocycles. The number of nitrogens with zero attached hydrogens (tertiary/aromatic N) is 3. The van der Waals surface area contributed by atoms with Gasteiger partial charge in [-0.05, 0) is 33.8 Å². The summed E-state index contributed by atoms with van der Waals surface area (Å²) in [5, 5.41) is 4.05. The average molecular weight is 308 g/mol. The number of hydrogen-bond acceptors (Lipinski definition) is 6. The first kappa shape index (κ1) is 14.9. The predicted molar refractivity (Wildman–Crippen MR) is 82.3 cm³/mol. The molecule has 2 aromatic heterocycles. The van der Waals surface area contributed by atoms with Crippen molar-refractivity contribution in [1.82, 2.24) is 15.0 Å². The maximum Gasteiger partial charge on any atom is 0.239 e. The van der Waals surface area contributed by atoms with Crippen molar-refractivity contribution in [3.05, 3.63) is 28.7 Å². The van der Waals surface area contributed by atoms with Gasteiger partial charge in [-0.25, -0.2) is 15.0 Å². The summed E-state index contributed by atoms with van der Waals surface area (Å²) >= 11 is 2.90. The van der Waals surface area contributed by atoms with Crippen LogP contribution in [-0.4, -0.2) is 26.1 Å². The molecule has 2 rings (SSSR count). The Labute approximate surface area is 126 Å². The van der Waals surface area contributed by atoms with Crippen molar-refractivity contribution in [3.63, 3.8) is 0 Å². The Balaban J connectivity index is 1.98. The van der Waals surface area contributed by atoms with Gasteiger partial charge in [-0.3, -0.25) is 4.79 Å². The highest BCUT2D eigenvalue weighted by atomic mass is 32.2. The Morgan fingerprint density at radius 3 is 2.70 bits per heavy atom. The zero-order chi connectivity index (χ0) is 14.7. The molecule has 5 nitrogen and oxygen atoms in total. The zero-order valence-electron chi connectivity index (χ0n) is 11.8. The molecule has 1 amide bonds. The second kappa shape index (κ2) is 6.32. The lowest BCUT2D eigenvalue weighted by atomic mass is 10.4. The lowest BCUT2D eigenvalue weighted by molar-refractivity contribution is -0.115. The number of nitrogens with one attached hydrogen (secondary N) is 1. The molecule has 0 saturated heterocycles. The lowest BCUT2D eigenvalue weighted by Gasteiger charge is -2.09. The first-order valence-corrected chi connectivity index (χ1v) is 7.85. The number of thiazole rings is 1. The SMILES string of the molecule is Cc1cc(SC(C)C(=O)Nc2nc(C)c(C)s2)ncn1. The van der Waals surface area contributed by atoms with Crippen LogP contribution in [0.3, 0.4) is 0 Å². The first-order valence-electron chi connectivity index (χ1n) is 6.16. The van der Waals surface area contributed by atoms with Gasteiger partial charge in [0.2, 0.25) is 5.91 Å². The number of carbonyl (C=O) groups is 1. The Morgan fingerprint density at radius 2 is 2.10 bits per heavy atom. The van der Waals surface area contributed by atoms with Crippen LogP contribution in [0.5, 0.6) is 0 Å². The summed E-state index contributed by atoms with van der Waals surface area (Å²) < 4.78 is 0. The molecule has 1 unspecified atom stereocenters. The molecule has 20 heavy (non-hydrogen) atoms. The molecule has 7 heteroatoms. The van der Waals surface area contributed by atoms with E-state index in [-0.39, 0.29) is 11.2 Å². The molecule has 2 aromatic rings. The average Bonchev–Trinajstić information content (AvgIpc) is 2.68. The second-order valence-electron chi connectivity index (χ2n) is 4.41. The number of aromatic nitrogens is 3. The third kappa shape index (κ3) is 3.77. The fraction of sp³-hybridized carbons (Fsp3) is 0.385. The summed E-state index contributed by atoms with van der Waals surface area (Å²) in [4.78, 5) is 25.7. The Morgan fingerprint density at radius 1 is 1.35 bits per heavy atom. The minimum atomic E-state index is -0.242. The van der Waals surface area contributed by atoms with Crippen molar-refractivity contribution in [2.24, 2.45) is 0 Å². The van der Waals surface area contributed by atoms with E-state index in [1.807, 2.05) is 33.8 Å². The van der Waals surface area contributed by atoms with E-state index in [9.17, 15) is 4.79 Å². The molecule has 0 radical (unpaired) electrons. The van der Waals surface area contributed by atoms with Crippen LogP contribution in [0, 0.1) is 20.8 Å². The quantitative estimate of drug-likeness (QED) is 0.694. The molecule has 1 N–H and O–H groups in total. The summed E-state index contributed by atoms with van der Waals surface area (Å²) in [6.45, 7) is 7.68. The van der Waals surface area contributed by atoms with Crippen LogP contribution in [0.15, 0.2) is 17.4 Å². The molecular weight excluding hydrogens is 292 g/mol. The number of carbonyl (C=O) groups excluding carboxylic acids is 1. The Kier molecular flexibility index (Phi) is 4.72. The van der Waals surface area contributed by atoms with Crippen molar-refractivity contribution in [2.75, 3.05) is 5.32 Å². The van der Waals surface area contributed by atoms with Gasteiger partial charge in [-0.2, -0.15) is 0 Å². The lowest BCUT2D eigenvalue weighted by Crippen LogP contribution is -2.22. The molecule has 106 valence electrons. The van der Waals surface area contributed by atoms with E-state index >= 15 is 0 Å². The third-order valence-electron chi connectivity index (χ3n) is 2.70. The van der Waals surface area contributed by atoms with E-state index in [1.54, 1.807) is 0 Å². The Hall–Kier alpha value is -1.47. The van der Waals surface area contributed by atoms with Gasteiger partial charge in [0, 0.05) is 10.6 Å². The first-order chi connectivity index (χ1) is 9.45. The van der Waals surface area contributed by atoms with Crippen LogP contribution >= 0.6 is 23.1 Å². The molecular formula is C13H16N4OS2. The number of anilines is 1. The topological polar surface area (TPSA) is 67.8 Å². The molecule has 0 aromatic carbocycles. The smallest absolute Gasteiger partial charge is 0.239 e. The Bertz CT molecular complexity index is 607. The largest absolute Gasteiger partial charge is 0.301 e. The van der Waals surface area contributed by atoms with Gasteiger partial charge < -0.3 is 5.32 Å². The zero-order valence-corrected chi connectivity index (χ0v) is 13.4. The van der Waals surface area contributed by atoms with Crippen LogP contribution < -0.4 is 5.32 Å². The number of amides is 1. The van der Waals surface area contributed by atoms with Crippen LogP contribution in [0.4, 0.5) is 5.13 Å². The van der Waals surface area contributed by atoms with E-state index < -0.39 is 0 Å². The van der Waals surface area contributed by atoms with Crippen molar-refractivity contribution in [1.29, 1.82) is 0 Å². The molecule has 0 aliphatic rings. The third-order valence-corrected chi connectivity index (χ3v) is 4.72. The van der Waals surface area contributed by atoms with Gasteiger partial charge in [0.05, 0.1) is 10.9 Å². The van der Waals surface area contributed by atoms with E-state index in [2.05, 4.69) is 20.3 Å². The van der Waals surface area contributed by atoms with E-state index in [0.717, 1.165) is 21.3 Å². The van der Waals surface area contributed by atoms with Crippen molar-refractivity contribution in [2.45, 2.75) is 38.0 Å². The minimum absolute atomic E-state index is 0.0694. The summed E-state index contributed by atoms with van der Waals surface area (Å²) in [7, 11) is 0. The number of aryl methyl sites for hydroxylation is 3. The van der Waals surface area contributed by atoms with Gasteiger partial charge in [0.25, 0.3) is 0 Å². The molecule has 0 aliphatic heterocycles. The monoisotopic (exact) mass is 308 g/mol. The molecule has 0 spiro atoms. The number of hydrogen-bond donors (Lipinski definition) is 1. The fourth-order valence-corrected chi connectivity index (χ4v) is 3.15. The predicted octanol–water partition coefficient (Wildman–Crippen LogP) is 2.98. The van der Waals surface area contributed by atoms with E-state index in [4.69, 9.17) is 0 Å². The maximum absolute atomic E-state index is 12.1. The van der Waals surface area contributed by atoms with Gasteiger partial charge in [0.1, 0.15) is 11.4 Å². The summed E-state index contributed by atoms with van der Waals surface area (Å²) in [5.74, 6) is -0.0694. The summed E-state index contributed by atoms with van der Waals surface area (Å²) in [6.07, 6.45) is 1.51. The molecule has 0 bridgehead atoms. The standard InChI is InChI=1S/C13H16N4OS2/c1-7-5-11(15-6-14-7)19-10(4)12(18)17-13-16-8(2)9(3)20-13/h5-6,10H,1-4H3,(H,16,17,18). The van der Waals surface area contributed by atoms with Crippen LogP contribution in [0.25, 0.3) is 0 Å². The highest BCUT2D eigenvalue weighted by Gasteiger charge is 2.17. The summed E-state index contributed by atoms with van der Waals surface area (Å²) in [5.41, 5.74) is 1.85. The van der Waals surface area contributed by atoms with Gasteiger partial charge in [0.15, 0.2) is 5.13 Å². The van der Waals surface area contributed by atoms with Gasteiger partial charge in [-0.1, -0.05) is 11.8 Å². The minimum Gasteiger partial charge on any atom is -0.301 e. The van der Waals surface area contributed by atoms with Crippen molar-refractivity contribution >= 4 is 34.1 Å². The van der Waals surface area contributed by atoms with Crippen LogP contribution in [0.1, 0.15) is 23.2 Å². The fourth-order valence-electron chi connectivity index (χ4n) is 1.46.